The molecule has 2 N–H and O–H groups in total. The summed E-state index contributed by atoms with van der Waals surface area (Å²) in [6, 6.07) is 16.0. The van der Waals surface area contributed by atoms with Gasteiger partial charge in [0.05, 0.1) is 21.6 Å². The first kappa shape index (κ1) is 30.0. The lowest BCUT2D eigenvalue weighted by Gasteiger charge is -2.15. The molecular formula is C29H25IN2O8S2. The summed E-state index contributed by atoms with van der Waals surface area (Å²) in [5.41, 5.74) is 2.26. The minimum absolute atomic E-state index is 0. The largest absolute Gasteiger partial charge is 1.00 e. The van der Waals surface area contributed by atoms with Crippen LogP contribution in [-0.2, 0) is 26.8 Å². The van der Waals surface area contributed by atoms with Gasteiger partial charge >= 0.3 is 5.89 Å². The van der Waals surface area contributed by atoms with Crippen molar-refractivity contribution < 1.29 is 63.6 Å². The predicted octanol–water partition coefficient (Wildman–Crippen LogP) is 2.32. The Morgan fingerprint density at radius 1 is 0.857 bits per heavy atom. The van der Waals surface area contributed by atoms with Crippen LogP contribution in [-0.4, -0.2) is 32.5 Å². The Morgan fingerprint density at radius 3 is 2.10 bits per heavy atom. The molecule has 13 heteroatoms. The van der Waals surface area contributed by atoms with Gasteiger partial charge in [-0.15, -0.1) is 0 Å². The first-order valence-corrected chi connectivity index (χ1v) is 15.6. The van der Waals surface area contributed by atoms with Crippen LogP contribution < -0.4 is 38.2 Å². The number of ether oxygens (including phenoxy) is 1. The number of oxazole rings is 1. The van der Waals surface area contributed by atoms with Crippen molar-refractivity contribution in [1.29, 1.82) is 0 Å². The van der Waals surface area contributed by atoms with Crippen molar-refractivity contribution in [2.24, 2.45) is 0 Å². The summed E-state index contributed by atoms with van der Waals surface area (Å²) in [5.74, 6) is 1.74. The van der Waals surface area contributed by atoms with E-state index in [-0.39, 0.29) is 33.8 Å². The smallest absolute Gasteiger partial charge is 0.374 e. The second-order valence-electron chi connectivity index (χ2n) is 9.44. The highest BCUT2D eigenvalue weighted by Gasteiger charge is 2.27. The molecule has 1 aliphatic heterocycles. The Balaban J connectivity index is 0.00000353. The molecule has 0 bridgehead atoms. The number of aromatic nitrogens is 1. The Morgan fingerprint density at radius 2 is 1.48 bits per heavy atom. The van der Waals surface area contributed by atoms with Crippen LogP contribution in [0.15, 0.2) is 92.9 Å². The lowest BCUT2D eigenvalue weighted by molar-refractivity contribution is -0.674. The van der Waals surface area contributed by atoms with Gasteiger partial charge in [0, 0.05) is 23.4 Å². The SMILES string of the molecule is CCN1/C(=C\C=C\c2oc3c4ccc(S(=O)(=O)O)cc4ccc3[n+]2CC)Oc2c1ccc1cc(S(=O)(=O)O)ccc21.[I-]. The summed E-state index contributed by atoms with van der Waals surface area (Å²) >= 11 is 0. The van der Waals surface area contributed by atoms with Crippen LogP contribution in [0.25, 0.3) is 38.7 Å². The third kappa shape index (κ3) is 5.15. The van der Waals surface area contributed by atoms with Crippen molar-refractivity contribution in [3.63, 3.8) is 0 Å². The Bertz CT molecular complexity index is 2170. The van der Waals surface area contributed by atoms with E-state index in [0.29, 0.717) is 57.7 Å². The van der Waals surface area contributed by atoms with E-state index in [9.17, 15) is 25.9 Å². The van der Waals surface area contributed by atoms with Gasteiger partial charge in [0.1, 0.15) is 6.54 Å². The fraction of sp³-hybridized carbons (Fsp3) is 0.138. The van der Waals surface area contributed by atoms with E-state index < -0.39 is 20.2 Å². The zero-order chi connectivity index (χ0) is 29.1. The number of rotatable bonds is 6. The fourth-order valence-corrected chi connectivity index (χ4v) is 6.20. The zero-order valence-electron chi connectivity index (χ0n) is 22.4. The number of allylic oxidation sites excluding steroid dienone is 2. The molecule has 2 heterocycles. The second kappa shape index (κ2) is 11.0. The van der Waals surface area contributed by atoms with Crippen molar-refractivity contribution in [1.82, 2.24) is 0 Å². The second-order valence-corrected chi connectivity index (χ2v) is 12.3. The zero-order valence-corrected chi connectivity index (χ0v) is 26.1. The van der Waals surface area contributed by atoms with Crippen LogP contribution in [0.2, 0.25) is 0 Å². The van der Waals surface area contributed by atoms with Gasteiger partial charge in [0.25, 0.3) is 25.8 Å². The summed E-state index contributed by atoms with van der Waals surface area (Å²) < 4.78 is 79.5. The predicted molar refractivity (Wildman–Crippen MR) is 154 cm³/mol. The third-order valence-corrected chi connectivity index (χ3v) is 8.77. The van der Waals surface area contributed by atoms with Crippen molar-refractivity contribution in [2.45, 2.75) is 30.2 Å². The number of benzene rings is 4. The molecule has 0 fully saturated rings. The monoisotopic (exact) mass is 720 g/mol. The number of hydrogen-bond donors (Lipinski definition) is 2. The molecule has 0 aliphatic carbocycles. The molecule has 10 nitrogen and oxygen atoms in total. The Kier molecular flexibility index (Phi) is 7.83. The van der Waals surface area contributed by atoms with Gasteiger partial charge in [-0.3, -0.25) is 9.11 Å². The van der Waals surface area contributed by atoms with Crippen molar-refractivity contribution in [3.05, 3.63) is 84.6 Å². The van der Waals surface area contributed by atoms with E-state index in [2.05, 4.69) is 0 Å². The first-order chi connectivity index (χ1) is 19.5. The van der Waals surface area contributed by atoms with E-state index in [0.717, 1.165) is 11.2 Å². The first-order valence-electron chi connectivity index (χ1n) is 12.7. The number of hydrogen-bond acceptors (Lipinski definition) is 7. The van der Waals surface area contributed by atoms with Gasteiger partial charge in [-0.25, -0.2) is 0 Å². The third-order valence-electron chi connectivity index (χ3n) is 7.07. The van der Waals surface area contributed by atoms with E-state index in [1.165, 1.54) is 24.3 Å². The molecule has 0 saturated heterocycles. The molecule has 0 spiro atoms. The molecule has 0 atom stereocenters. The molecule has 1 aromatic heterocycles. The van der Waals surface area contributed by atoms with E-state index in [1.807, 2.05) is 53.7 Å². The fourth-order valence-electron chi connectivity index (χ4n) is 5.17. The Hall–Kier alpha value is -3.50. The highest BCUT2D eigenvalue weighted by Crippen LogP contribution is 2.44. The Labute approximate surface area is 259 Å². The van der Waals surface area contributed by atoms with Crippen LogP contribution in [0.5, 0.6) is 5.75 Å². The summed E-state index contributed by atoms with van der Waals surface area (Å²) in [6.07, 6.45) is 5.43. The van der Waals surface area contributed by atoms with Gasteiger partial charge in [-0.2, -0.15) is 21.4 Å². The van der Waals surface area contributed by atoms with E-state index in [1.54, 1.807) is 24.3 Å². The van der Waals surface area contributed by atoms with E-state index >= 15 is 0 Å². The molecule has 0 saturated carbocycles. The molecule has 6 rings (SSSR count). The summed E-state index contributed by atoms with van der Waals surface area (Å²) in [6.45, 7) is 5.23. The maximum Gasteiger partial charge on any atom is 0.374 e. The standard InChI is InChI=1S/C29H24N2O8S2.HI/c1-3-30-24-14-8-18-16-20(40(32,33)34)10-12-22(18)28(24)38-26(30)6-5-7-27-31(4-2)25-15-9-19-17-21(41(35,36)37)11-13-23(19)29(25)39-27;/h5-17H,3-4H2,1-2H3,(H-,32,33,34,35,36,37);1H. The average Bonchev–Trinajstić information content (AvgIpc) is 3.48. The topological polar surface area (TPSA) is 138 Å². The quantitative estimate of drug-likeness (QED) is 0.154. The van der Waals surface area contributed by atoms with Gasteiger partial charge < -0.3 is 38.0 Å². The molecule has 218 valence electrons. The highest BCUT2D eigenvalue weighted by atomic mass is 127. The van der Waals surface area contributed by atoms with Crippen LogP contribution in [0.3, 0.4) is 0 Å². The van der Waals surface area contributed by atoms with Crippen LogP contribution in [0.1, 0.15) is 19.7 Å². The number of anilines is 1. The van der Waals surface area contributed by atoms with Gasteiger partial charge in [0.2, 0.25) is 11.5 Å². The summed E-state index contributed by atoms with van der Waals surface area (Å²) in [7, 11) is -8.65. The normalized spacial score (nSPS) is 14.7. The van der Waals surface area contributed by atoms with Gasteiger partial charge in [-0.1, -0.05) is 6.07 Å². The lowest BCUT2D eigenvalue weighted by atomic mass is 10.1. The molecule has 0 unspecified atom stereocenters. The average molecular weight is 721 g/mol. The lowest BCUT2D eigenvalue weighted by Crippen LogP contribution is -3.00. The molecule has 5 aromatic rings. The number of nitrogens with zero attached hydrogens (tertiary/aromatic N) is 2. The van der Waals surface area contributed by atoms with Crippen molar-refractivity contribution >= 4 is 64.6 Å². The maximum absolute atomic E-state index is 11.6. The van der Waals surface area contributed by atoms with Crippen LogP contribution >= 0.6 is 0 Å². The summed E-state index contributed by atoms with van der Waals surface area (Å²) in [5, 5.41) is 2.67. The molecule has 4 aromatic carbocycles. The van der Waals surface area contributed by atoms with Crippen molar-refractivity contribution in [3.8, 4) is 5.75 Å². The summed E-state index contributed by atoms with van der Waals surface area (Å²) in [4.78, 5) is 1.62. The maximum atomic E-state index is 11.6. The molecule has 0 amide bonds. The van der Waals surface area contributed by atoms with Crippen LogP contribution in [0, 0.1) is 0 Å². The van der Waals surface area contributed by atoms with Gasteiger partial charge in [0.15, 0.2) is 5.75 Å². The molecular weight excluding hydrogens is 695 g/mol. The number of halogens is 1. The molecule has 42 heavy (non-hydrogen) atoms. The number of fused-ring (bicyclic) bond motifs is 6. The van der Waals surface area contributed by atoms with Crippen LogP contribution in [0.4, 0.5) is 5.69 Å². The highest BCUT2D eigenvalue weighted by molar-refractivity contribution is 7.86. The minimum Gasteiger partial charge on any atom is -1.00 e. The minimum atomic E-state index is -4.33. The van der Waals surface area contributed by atoms with Gasteiger partial charge in [-0.05, 0) is 85.3 Å². The van der Waals surface area contributed by atoms with E-state index in [4.69, 9.17) is 9.15 Å². The number of aryl methyl sites for hydroxylation is 1. The van der Waals surface area contributed by atoms with Crippen molar-refractivity contribution in [2.75, 3.05) is 11.4 Å². The molecule has 1 aliphatic rings. The molecule has 0 radical (unpaired) electrons.